The Hall–Kier alpha value is -5.03. The maximum atomic E-state index is 2.66. The number of aromatic nitrogens is 3. The van der Waals surface area contributed by atoms with Crippen LogP contribution in [-0.4, -0.2) is 27.2 Å². The molecule has 42 heavy (non-hydrogen) atoms. The van der Waals surface area contributed by atoms with Gasteiger partial charge in [0.15, 0.2) is 6.17 Å². The quantitative estimate of drug-likeness (QED) is 0.198. The molecule has 3 aromatic heterocycles. The Morgan fingerprint density at radius 2 is 1.48 bits per heavy atom. The first kappa shape index (κ1) is 20.8. The molecular formula is C37H26N5+. The van der Waals surface area contributed by atoms with Gasteiger partial charge in [0.1, 0.15) is 11.2 Å². The molecule has 5 aliphatic heterocycles. The number of hydrogen-bond acceptors (Lipinski definition) is 2. The summed E-state index contributed by atoms with van der Waals surface area (Å²) in [6.45, 7) is 4.85. The third-order valence-corrected chi connectivity index (χ3v) is 11.4. The number of pyridine rings is 1. The average Bonchev–Trinajstić information content (AvgIpc) is 3.73. The third kappa shape index (κ3) is 1.72. The van der Waals surface area contributed by atoms with Crippen LogP contribution in [0.3, 0.4) is 0 Å². The Balaban J connectivity index is 1.46. The van der Waals surface area contributed by atoms with Crippen LogP contribution in [0.15, 0.2) is 97.5 Å². The van der Waals surface area contributed by atoms with Gasteiger partial charge in [-0.3, -0.25) is 0 Å². The number of fused-ring (bicyclic) bond motifs is 7. The van der Waals surface area contributed by atoms with Gasteiger partial charge in [-0.2, -0.15) is 4.57 Å². The van der Waals surface area contributed by atoms with Crippen molar-refractivity contribution in [3.63, 3.8) is 0 Å². The Bertz CT molecular complexity index is 2540. The first-order valence-electron chi connectivity index (χ1n) is 15.0. The van der Waals surface area contributed by atoms with Gasteiger partial charge < -0.3 is 14.4 Å². The smallest absolute Gasteiger partial charge is 0.296 e. The van der Waals surface area contributed by atoms with Gasteiger partial charge in [0.2, 0.25) is 5.54 Å². The summed E-state index contributed by atoms with van der Waals surface area (Å²) in [5.74, 6) is 0. The minimum Gasteiger partial charge on any atom is -0.354 e. The molecule has 0 aliphatic carbocycles. The van der Waals surface area contributed by atoms with Gasteiger partial charge in [-0.1, -0.05) is 56.3 Å². The zero-order chi connectivity index (χ0) is 27.4. The number of anilines is 1. The molecule has 5 heteroatoms. The lowest BCUT2D eigenvalue weighted by Gasteiger charge is -2.45. The third-order valence-electron chi connectivity index (χ3n) is 11.4. The van der Waals surface area contributed by atoms with Gasteiger partial charge in [0.25, 0.3) is 5.65 Å². The summed E-state index contributed by atoms with van der Waals surface area (Å²) in [7, 11) is 2.26. The van der Waals surface area contributed by atoms with E-state index >= 15 is 0 Å². The predicted octanol–water partition coefficient (Wildman–Crippen LogP) is 6.79. The van der Waals surface area contributed by atoms with Gasteiger partial charge in [0.05, 0.1) is 45.1 Å². The van der Waals surface area contributed by atoms with Crippen LogP contribution in [0.5, 0.6) is 0 Å². The van der Waals surface area contributed by atoms with E-state index in [2.05, 4.69) is 142 Å². The number of hydrogen-bond donors (Lipinski definition) is 0. The molecular weight excluding hydrogens is 514 g/mol. The number of likely N-dealkylation sites (N-methyl/N-ethyl adjacent to an activating group) is 1. The van der Waals surface area contributed by atoms with E-state index in [0.717, 1.165) is 0 Å². The maximum Gasteiger partial charge on any atom is 0.296 e. The van der Waals surface area contributed by atoms with E-state index in [1.165, 1.54) is 83.1 Å². The van der Waals surface area contributed by atoms with Crippen LogP contribution in [0.2, 0.25) is 0 Å². The molecule has 5 nitrogen and oxygen atoms in total. The summed E-state index contributed by atoms with van der Waals surface area (Å²) in [6.07, 6.45) is 7.00. The molecule has 0 amide bonds. The molecule has 7 aromatic rings. The van der Waals surface area contributed by atoms with Crippen LogP contribution in [0.25, 0.3) is 55.1 Å². The van der Waals surface area contributed by atoms with Gasteiger partial charge in [-0.25, -0.2) is 4.57 Å². The zero-order valence-corrected chi connectivity index (χ0v) is 23.6. The van der Waals surface area contributed by atoms with E-state index < -0.39 is 5.54 Å². The lowest BCUT2D eigenvalue weighted by atomic mass is 9.69. The van der Waals surface area contributed by atoms with Crippen LogP contribution in [0.4, 0.5) is 5.69 Å². The second-order valence-electron chi connectivity index (χ2n) is 13.4. The topological polar surface area (TPSA) is 20.2 Å². The largest absolute Gasteiger partial charge is 0.354 e. The van der Waals surface area contributed by atoms with Crippen molar-refractivity contribution in [1.82, 2.24) is 14.0 Å². The van der Waals surface area contributed by atoms with Crippen molar-refractivity contribution in [1.29, 1.82) is 0 Å². The molecule has 0 saturated heterocycles. The Morgan fingerprint density at radius 3 is 2.40 bits per heavy atom. The Kier molecular flexibility index (Phi) is 2.95. The highest BCUT2D eigenvalue weighted by molar-refractivity contribution is 6.15. The Morgan fingerprint density at radius 1 is 0.667 bits per heavy atom. The molecule has 0 fully saturated rings. The van der Waals surface area contributed by atoms with Crippen LogP contribution >= 0.6 is 0 Å². The van der Waals surface area contributed by atoms with Crippen molar-refractivity contribution < 1.29 is 4.57 Å². The first-order chi connectivity index (χ1) is 20.5. The van der Waals surface area contributed by atoms with Gasteiger partial charge >= 0.3 is 0 Å². The second kappa shape index (κ2) is 5.95. The second-order valence-corrected chi connectivity index (χ2v) is 13.4. The van der Waals surface area contributed by atoms with E-state index in [9.17, 15) is 0 Å². The van der Waals surface area contributed by atoms with Gasteiger partial charge in [-0.05, 0) is 36.4 Å². The molecule has 4 aromatic carbocycles. The molecule has 198 valence electrons. The first-order valence-corrected chi connectivity index (χ1v) is 15.0. The number of para-hydroxylation sites is 2. The summed E-state index contributed by atoms with van der Waals surface area (Å²) in [5.41, 5.74) is 14.4. The van der Waals surface area contributed by atoms with Crippen LogP contribution < -0.4 is 9.47 Å². The number of benzene rings is 4. The fourth-order valence-corrected chi connectivity index (χ4v) is 9.96. The summed E-state index contributed by atoms with van der Waals surface area (Å²) in [5, 5.41) is 5.33. The van der Waals surface area contributed by atoms with Crippen molar-refractivity contribution in [3.05, 3.63) is 120 Å². The highest BCUT2D eigenvalue weighted by Gasteiger charge is 2.67. The fourth-order valence-electron chi connectivity index (χ4n) is 9.96. The molecule has 5 aliphatic rings. The lowest BCUT2D eigenvalue weighted by Crippen LogP contribution is -2.70. The predicted molar refractivity (Wildman–Crippen MR) is 167 cm³/mol. The van der Waals surface area contributed by atoms with Crippen molar-refractivity contribution in [2.24, 2.45) is 0 Å². The minimum absolute atomic E-state index is 0.0852. The molecule has 0 radical (unpaired) electrons. The molecule has 2 unspecified atom stereocenters. The maximum absolute atomic E-state index is 2.66. The minimum atomic E-state index is -0.435. The zero-order valence-electron chi connectivity index (χ0n) is 23.6. The molecule has 0 bridgehead atoms. The highest BCUT2D eigenvalue weighted by atomic mass is 15.5. The highest BCUT2D eigenvalue weighted by Crippen LogP contribution is 2.63. The average molecular weight is 541 g/mol. The fraction of sp³-hybridized carbons (Fsp3) is 0.162. The van der Waals surface area contributed by atoms with E-state index in [4.69, 9.17) is 0 Å². The molecule has 12 rings (SSSR count). The number of rotatable bonds is 0. The van der Waals surface area contributed by atoms with Gasteiger partial charge in [-0.15, -0.1) is 0 Å². The summed E-state index contributed by atoms with van der Waals surface area (Å²) in [4.78, 5) is 4.98. The van der Waals surface area contributed by atoms with E-state index in [-0.39, 0.29) is 11.6 Å². The number of nitrogens with zero attached hydrogens (tertiary/aromatic N) is 5. The van der Waals surface area contributed by atoms with Crippen molar-refractivity contribution in [2.75, 3.05) is 11.9 Å². The monoisotopic (exact) mass is 540 g/mol. The van der Waals surface area contributed by atoms with Crippen molar-refractivity contribution in [3.8, 4) is 11.4 Å². The lowest BCUT2D eigenvalue weighted by molar-refractivity contribution is -0.727. The van der Waals surface area contributed by atoms with Crippen LogP contribution in [0.1, 0.15) is 36.1 Å². The van der Waals surface area contributed by atoms with Gasteiger partial charge in [0, 0.05) is 52.1 Å². The van der Waals surface area contributed by atoms with Crippen LogP contribution in [-0.2, 0) is 11.0 Å². The SMILES string of the molecule is CN1C=CN2c3ccc4c5ccccc5n5c4c3C3(c4c-5ccc5c4-n4c6c(cccc6c6ccc[n+]3c64)C5(C)C)C12. The van der Waals surface area contributed by atoms with Crippen molar-refractivity contribution in [2.45, 2.75) is 31.0 Å². The summed E-state index contributed by atoms with van der Waals surface area (Å²) >= 11 is 0. The van der Waals surface area contributed by atoms with E-state index in [1.54, 1.807) is 0 Å². The molecule has 1 spiro atoms. The summed E-state index contributed by atoms with van der Waals surface area (Å²) < 4.78 is 7.88. The van der Waals surface area contributed by atoms with Crippen molar-refractivity contribution >= 4 is 49.4 Å². The molecule has 2 atom stereocenters. The molecule has 0 saturated carbocycles. The van der Waals surface area contributed by atoms with E-state index in [1.807, 2.05) is 0 Å². The van der Waals surface area contributed by atoms with E-state index in [0.29, 0.717) is 0 Å². The standard InChI is InChI=1S/C37H26N5/c1-36(2)24-11-6-9-21-23-10-7-17-40-34(23)42(31(21)24)33-25(36)14-16-28-30(33)37(40)29-27(39-19-18-38(3)35(37)39)15-13-22-20-8-4-5-12-26(20)41(28)32(22)29/h4-19,35H,1-3H3/q+1. The molecule has 0 N–H and O–H groups in total. The summed E-state index contributed by atoms with van der Waals surface area (Å²) in [6, 6.07) is 30.1. The molecule has 8 heterocycles. The normalized spacial score (nSPS) is 22.5. The Labute approximate surface area is 241 Å². The van der Waals surface area contributed by atoms with Crippen LogP contribution in [0, 0.1) is 0 Å².